The van der Waals surface area contributed by atoms with Crippen molar-refractivity contribution in [1.29, 1.82) is 0 Å². The average Bonchev–Trinajstić information content (AvgIpc) is 2.50. The van der Waals surface area contributed by atoms with E-state index in [2.05, 4.69) is 18.8 Å². The SMILES string of the molecule is CC(C)c1c(Cl)ccc2c1CC=N2. The summed E-state index contributed by atoms with van der Waals surface area (Å²) in [5, 5.41) is 0.874. The van der Waals surface area contributed by atoms with Gasteiger partial charge in [-0.15, -0.1) is 0 Å². The van der Waals surface area contributed by atoms with Gasteiger partial charge in [0.05, 0.1) is 5.69 Å². The van der Waals surface area contributed by atoms with Crippen LogP contribution in [0.1, 0.15) is 30.9 Å². The molecule has 0 amide bonds. The molecule has 0 radical (unpaired) electrons. The molecule has 0 saturated heterocycles. The first kappa shape index (κ1) is 8.76. The lowest BCUT2D eigenvalue weighted by atomic mass is 9.95. The number of hydrogen-bond acceptors (Lipinski definition) is 1. The number of rotatable bonds is 1. The topological polar surface area (TPSA) is 12.4 Å². The molecule has 0 spiro atoms. The van der Waals surface area contributed by atoms with Gasteiger partial charge in [-0.2, -0.15) is 0 Å². The number of aliphatic imine (C=N–C) groups is 1. The monoisotopic (exact) mass is 193 g/mol. The largest absolute Gasteiger partial charge is 0.261 e. The number of halogens is 1. The van der Waals surface area contributed by atoms with Crippen molar-refractivity contribution >= 4 is 23.5 Å². The van der Waals surface area contributed by atoms with Crippen molar-refractivity contribution in [3.05, 3.63) is 28.3 Å². The molecule has 1 aliphatic heterocycles. The highest BCUT2D eigenvalue weighted by Crippen LogP contribution is 2.36. The summed E-state index contributed by atoms with van der Waals surface area (Å²) in [6, 6.07) is 3.94. The van der Waals surface area contributed by atoms with Crippen molar-refractivity contribution in [2.75, 3.05) is 0 Å². The Kier molecular flexibility index (Phi) is 2.12. The summed E-state index contributed by atoms with van der Waals surface area (Å²) >= 11 is 6.15. The minimum atomic E-state index is 0.476. The van der Waals surface area contributed by atoms with Crippen LogP contribution in [0.5, 0.6) is 0 Å². The normalized spacial score (nSPS) is 13.8. The van der Waals surface area contributed by atoms with Crippen LogP contribution >= 0.6 is 11.6 Å². The standard InChI is InChI=1S/C11H12ClN/c1-7(2)11-8-5-6-13-10(8)4-3-9(11)12/h3-4,6-7H,5H2,1-2H3. The quantitative estimate of drug-likeness (QED) is 0.645. The summed E-state index contributed by atoms with van der Waals surface area (Å²) in [4.78, 5) is 4.30. The molecule has 1 aliphatic rings. The van der Waals surface area contributed by atoms with Crippen LogP contribution in [-0.2, 0) is 6.42 Å². The summed E-state index contributed by atoms with van der Waals surface area (Å²) in [6.45, 7) is 4.33. The molecule has 1 aromatic carbocycles. The van der Waals surface area contributed by atoms with Crippen molar-refractivity contribution in [1.82, 2.24) is 0 Å². The number of benzene rings is 1. The second-order valence-corrected chi connectivity index (χ2v) is 4.04. The van der Waals surface area contributed by atoms with E-state index in [9.17, 15) is 0 Å². The third kappa shape index (κ3) is 1.37. The number of hydrogen-bond donors (Lipinski definition) is 0. The van der Waals surface area contributed by atoms with E-state index in [1.807, 2.05) is 18.3 Å². The molecule has 0 N–H and O–H groups in total. The van der Waals surface area contributed by atoms with Crippen molar-refractivity contribution in [3.8, 4) is 0 Å². The van der Waals surface area contributed by atoms with Gasteiger partial charge in [0.15, 0.2) is 0 Å². The van der Waals surface area contributed by atoms with E-state index in [0.29, 0.717) is 5.92 Å². The fourth-order valence-corrected chi connectivity index (χ4v) is 2.21. The van der Waals surface area contributed by atoms with Crippen molar-refractivity contribution < 1.29 is 0 Å². The summed E-state index contributed by atoms with van der Waals surface area (Å²) in [7, 11) is 0. The first-order valence-electron chi connectivity index (χ1n) is 4.54. The van der Waals surface area contributed by atoms with Gasteiger partial charge >= 0.3 is 0 Å². The maximum absolute atomic E-state index is 6.15. The number of fused-ring (bicyclic) bond motifs is 1. The van der Waals surface area contributed by atoms with Gasteiger partial charge in [-0.05, 0) is 29.2 Å². The van der Waals surface area contributed by atoms with Gasteiger partial charge in [0.1, 0.15) is 0 Å². The van der Waals surface area contributed by atoms with E-state index in [1.165, 1.54) is 11.1 Å². The third-order valence-electron chi connectivity index (χ3n) is 2.38. The fourth-order valence-electron chi connectivity index (χ4n) is 1.82. The maximum atomic E-state index is 6.15. The molecular weight excluding hydrogens is 182 g/mol. The van der Waals surface area contributed by atoms with Gasteiger partial charge in [-0.25, -0.2) is 0 Å². The van der Waals surface area contributed by atoms with Gasteiger partial charge in [0.25, 0.3) is 0 Å². The molecule has 68 valence electrons. The highest BCUT2D eigenvalue weighted by molar-refractivity contribution is 6.31. The molecule has 1 aromatic rings. The fraction of sp³-hybridized carbons (Fsp3) is 0.364. The van der Waals surface area contributed by atoms with Gasteiger partial charge in [0.2, 0.25) is 0 Å². The van der Waals surface area contributed by atoms with Crippen molar-refractivity contribution in [3.63, 3.8) is 0 Å². The zero-order valence-electron chi connectivity index (χ0n) is 7.84. The number of nitrogens with zero attached hydrogens (tertiary/aromatic N) is 1. The van der Waals surface area contributed by atoms with Gasteiger partial charge in [0, 0.05) is 17.7 Å². The van der Waals surface area contributed by atoms with E-state index >= 15 is 0 Å². The Hall–Kier alpha value is -0.820. The smallest absolute Gasteiger partial charge is 0.0665 e. The second kappa shape index (κ2) is 3.15. The maximum Gasteiger partial charge on any atom is 0.0665 e. The molecule has 2 rings (SSSR count). The van der Waals surface area contributed by atoms with E-state index in [0.717, 1.165) is 17.1 Å². The molecule has 1 heterocycles. The Morgan fingerprint density at radius 1 is 1.38 bits per heavy atom. The Morgan fingerprint density at radius 2 is 2.15 bits per heavy atom. The third-order valence-corrected chi connectivity index (χ3v) is 2.71. The zero-order chi connectivity index (χ0) is 9.42. The van der Waals surface area contributed by atoms with Crippen LogP contribution in [-0.4, -0.2) is 6.21 Å². The summed E-state index contributed by atoms with van der Waals surface area (Å²) in [6.07, 6.45) is 2.89. The predicted octanol–water partition coefficient (Wildman–Crippen LogP) is 3.72. The molecular formula is C11H12ClN. The van der Waals surface area contributed by atoms with Gasteiger partial charge in [-0.1, -0.05) is 25.4 Å². The van der Waals surface area contributed by atoms with Gasteiger partial charge < -0.3 is 0 Å². The van der Waals surface area contributed by atoms with Crippen LogP contribution in [0.4, 0.5) is 5.69 Å². The van der Waals surface area contributed by atoms with E-state index in [4.69, 9.17) is 11.6 Å². The van der Waals surface area contributed by atoms with E-state index in [-0.39, 0.29) is 0 Å². The minimum Gasteiger partial charge on any atom is -0.261 e. The van der Waals surface area contributed by atoms with Crippen molar-refractivity contribution in [2.24, 2.45) is 4.99 Å². The van der Waals surface area contributed by atoms with Crippen molar-refractivity contribution in [2.45, 2.75) is 26.2 Å². The Labute approximate surface area is 83.4 Å². The van der Waals surface area contributed by atoms with Crippen LogP contribution in [0.3, 0.4) is 0 Å². The van der Waals surface area contributed by atoms with Crippen LogP contribution in [0.25, 0.3) is 0 Å². The molecule has 2 heteroatoms. The molecule has 13 heavy (non-hydrogen) atoms. The molecule has 0 atom stereocenters. The zero-order valence-corrected chi connectivity index (χ0v) is 8.60. The van der Waals surface area contributed by atoms with Crippen LogP contribution in [0.15, 0.2) is 17.1 Å². The summed E-state index contributed by atoms with van der Waals surface area (Å²) in [5.41, 5.74) is 3.66. The molecule has 0 saturated carbocycles. The highest BCUT2D eigenvalue weighted by Gasteiger charge is 2.16. The lowest BCUT2D eigenvalue weighted by Crippen LogP contribution is -1.95. The Morgan fingerprint density at radius 3 is 2.85 bits per heavy atom. The summed E-state index contributed by atoms with van der Waals surface area (Å²) in [5.74, 6) is 0.476. The molecule has 0 aliphatic carbocycles. The molecule has 0 fully saturated rings. The first-order chi connectivity index (χ1) is 6.20. The van der Waals surface area contributed by atoms with E-state index in [1.54, 1.807) is 0 Å². The van der Waals surface area contributed by atoms with Crippen LogP contribution in [0, 0.1) is 0 Å². The first-order valence-corrected chi connectivity index (χ1v) is 4.91. The molecule has 0 aromatic heterocycles. The molecule has 0 bridgehead atoms. The lowest BCUT2D eigenvalue weighted by molar-refractivity contribution is 0.856. The molecule has 0 unspecified atom stereocenters. The second-order valence-electron chi connectivity index (χ2n) is 3.63. The average molecular weight is 194 g/mol. The van der Waals surface area contributed by atoms with E-state index < -0.39 is 0 Å². The van der Waals surface area contributed by atoms with Crippen LogP contribution in [0.2, 0.25) is 5.02 Å². The molecule has 1 nitrogen and oxygen atoms in total. The summed E-state index contributed by atoms with van der Waals surface area (Å²) < 4.78 is 0. The van der Waals surface area contributed by atoms with Gasteiger partial charge in [-0.3, -0.25) is 4.99 Å². The minimum absolute atomic E-state index is 0.476. The Bertz CT molecular complexity index is 367. The predicted molar refractivity (Wildman–Crippen MR) is 57.4 cm³/mol. The lowest BCUT2D eigenvalue weighted by Gasteiger charge is -2.12. The highest BCUT2D eigenvalue weighted by atomic mass is 35.5. The Balaban J connectivity index is 2.61. The van der Waals surface area contributed by atoms with Crippen LogP contribution < -0.4 is 0 Å².